The molecule has 7 heteroatoms. The molecule has 0 aliphatic carbocycles. The van der Waals surface area contributed by atoms with Crippen LogP contribution in [0.5, 0.6) is 0 Å². The summed E-state index contributed by atoms with van der Waals surface area (Å²) in [6, 6.07) is 5.98. The van der Waals surface area contributed by atoms with Gasteiger partial charge in [0.2, 0.25) is 10.0 Å². The highest BCUT2D eigenvalue weighted by molar-refractivity contribution is 7.89. The second kappa shape index (κ2) is 8.76. The monoisotopic (exact) mass is 314 g/mol. The summed E-state index contributed by atoms with van der Waals surface area (Å²) in [7, 11) is -2.13. The summed E-state index contributed by atoms with van der Waals surface area (Å²) in [5.41, 5.74) is 0.334. The molecule has 0 spiro atoms. The predicted molar refractivity (Wildman–Crippen MR) is 80.7 cm³/mol. The highest BCUT2D eigenvalue weighted by Crippen LogP contribution is 2.11. The molecule has 0 heterocycles. The Morgan fingerprint density at radius 1 is 1.29 bits per heavy atom. The van der Waals surface area contributed by atoms with Gasteiger partial charge in [-0.3, -0.25) is 4.79 Å². The van der Waals surface area contributed by atoms with E-state index in [0.717, 1.165) is 12.8 Å². The SMILES string of the molecule is CCCCNC(=O)c1cccc(S(=O)(=O)NCCOC)c1. The lowest BCUT2D eigenvalue weighted by Crippen LogP contribution is -2.28. The molecule has 0 fully saturated rings. The number of amides is 1. The largest absolute Gasteiger partial charge is 0.383 e. The first kappa shape index (κ1) is 17.6. The molecule has 1 aromatic rings. The summed E-state index contributed by atoms with van der Waals surface area (Å²) in [5, 5.41) is 2.76. The molecule has 0 aromatic heterocycles. The molecule has 0 unspecified atom stereocenters. The Labute approximate surface area is 125 Å². The lowest BCUT2D eigenvalue weighted by atomic mass is 10.2. The van der Waals surface area contributed by atoms with Gasteiger partial charge in [-0.2, -0.15) is 0 Å². The Morgan fingerprint density at radius 2 is 2.05 bits per heavy atom. The zero-order valence-corrected chi connectivity index (χ0v) is 13.2. The van der Waals surface area contributed by atoms with Crippen molar-refractivity contribution in [1.29, 1.82) is 0 Å². The highest BCUT2D eigenvalue weighted by Gasteiger charge is 2.15. The first-order valence-corrected chi connectivity index (χ1v) is 8.36. The number of benzene rings is 1. The normalized spacial score (nSPS) is 11.3. The molecule has 1 rings (SSSR count). The summed E-state index contributed by atoms with van der Waals surface area (Å²) in [6.45, 7) is 3.09. The van der Waals surface area contributed by atoms with Crippen molar-refractivity contribution in [1.82, 2.24) is 10.0 Å². The Kier molecular flexibility index (Phi) is 7.35. The number of carbonyl (C=O) groups is 1. The molecule has 6 nitrogen and oxygen atoms in total. The molecular formula is C14H22N2O4S. The summed E-state index contributed by atoms with van der Waals surface area (Å²) < 4.78 is 31.3. The van der Waals surface area contributed by atoms with Gasteiger partial charge in [0.1, 0.15) is 0 Å². The van der Waals surface area contributed by atoms with Crippen LogP contribution in [-0.2, 0) is 14.8 Å². The second-order valence-corrected chi connectivity index (χ2v) is 6.29. The molecule has 0 aliphatic heterocycles. The van der Waals surface area contributed by atoms with Crippen LogP contribution in [0.3, 0.4) is 0 Å². The number of unbranched alkanes of at least 4 members (excludes halogenated alkanes) is 1. The third kappa shape index (κ3) is 5.82. The third-order valence-corrected chi connectivity index (χ3v) is 4.28. The van der Waals surface area contributed by atoms with Gasteiger partial charge in [-0.1, -0.05) is 19.4 Å². The summed E-state index contributed by atoms with van der Waals surface area (Å²) >= 11 is 0. The van der Waals surface area contributed by atoms with Gasteiger partial charge in [0.05, 0.1) is 11.5 Å². The van der Waals surface area contributed by atoms with Crippen molar-refractivity contribution < 1.29 is 17.9 Å². The molecule has 1 amide bonds. The van der Waals surface area contributed by atoms with Crippen LogP contribution in [-0.4, -0.2) is 41.1 Å². The molecule has 0 bridgehead atoms. The van der Waals surface area contributed by atoms with Crippen LogP contribution in [0, 0.1) is 0 Å². The quantitative estimate of drug-likeness (QED) is 0.670. The number of methoxy groups -OCH3 is 1. The van der Waals surface area contributed by atoms with Gasteiger partial charge in [-0.25, -0.2) is 13.1 Å². The number of sulfonamides is 1. The Balaban J connectivity index is 2.77. The lowest BCUT2D eigenvalue weighted by Gasteiger charge is -2.08. The smallest absolute Gasteiger partial charge is 0.251 e. The van der Waals surface area contributed by atoms with Crippen molar-refractivity contribution >= 4 is 15.9 Å². The van der Waals surface area contributed by atoms with E-state index in [9.17, 15) is 13.2 Å². The Morgan fingerprint density at radius 3 is 2.71 bits per heavy atom. The van der Waals surface area contributed by atoms with Gasteiger partial charge >= 0.3 is 0 Å². The number of carbonyl (C=O) groups excluding carboxylic acids is 1. The second-order valence-electron chi connectivity index (χ2n) is 4.53. The molecule has 0 aliphatic rings. The van der Waals surface area contributed by atoms with Crippen LogP contribution in [0.15, 0.2) is 29.2 Å². The Bertz CT molecular complexity index is 558. The van der Waals surface area contributed by atoms with Crippen molar-refractivity contribution in [2.24, 2.45) is 0 Å². The maximum Gasteiger partial charge on any atom is 0.251 e. The molecule has 0 radical (unpaired) electrons. The first-order chi connectivity index (χ1) is 10.0. The van der Waals surface area contributed by atoms with E-state index in [4.69, 9.17) is 4.74 Å². The van der Waals surface area contributed by atoms with E-state index in [0.29, 0.717) is 12.1 Å². The number of hydrogen-bond donors (Lipinski definition) is 2. The van der Waals surface area contributed by atoms with E-state index in [-0.39, 0.29) is 24.0 Å². The molecule has 1 aromatic carbocycles. The number of rotatable bonds is 9. The summed E-state index contributed by atoms with van der Waals surface area (Å²) in [6.07, 6.45) is 1.88. The van der Waals surface area contributed by atoms with Crippen LogP contribution in [0.2, 0.25) is 0 Å². The minimum Gasteiger partial charge on any atom is -0.383 e. The van der Waals surface area contributed by atoms with Gasteiger partial charge in [0.25, 0.3) is 5.91 Å². The van der Waals surface area contributed by atoms with E-state index in [1.165, 1.54) is 19.2 Å². The van der Waals surface area contributed by atoms with E-state index >= 15 is 0 Å². The number of nitrogens with one attached hydrogen (secondary N) is 2. The molecule has 0 saturated heterocycles. The van der Waals surface area contributed by atoms with Crippen molar-refractivity contribution in [3.63, 3.8) is 0 Å². The Hall–Kier alpha value is -1.44. The maximum atomic E-state index is 12.0. The van der Waals surface area contributed by atoms with Crippen molar-refractivity contribution in [2.45, 2.75) is 24.7 Å². The van der Waals surface area contributed by atoms with Crippen molar-refractivity contribution in [3.05, 3.63) is 29.8 Å². The number of hydrogen-bond acceptors (Lipinski definition) is 4. The average Bonchev–Trinajstić information content (AvgIpc) is 2.47. The average molecular weight is 314 g/mol. The zero-order valence-electron chi connectivity index (χ0n) is 12.4. The third-order valence-electron chi connectivity index (χ3n) is 2.82. The fourth-order valence-corrected chi connectivity index (χ4v) is 2.71. The first-order valence-electron chi connectivity index (χ1n) is 6.88. The molecule has 21 heavy (non-hydrogen) atoms. The van der Waals surface area contributed by atoms with Crippen LogP contribution >= 0.6 is 0 Å². The van der Waals surface area contributed by atoms with E-state index in [1.807, 2.05) is 6.92 Å². The minimum atomic E-state index is -3.62. The molecule has 2 N–H and O–H groups in total. The van der Waals surface area contributed by atoms with Crippen LogP contribution in [0.1, 0.15) is 30.1 Å². The predicted octanol–water partition coefficient (Wildman–Crippen LogP) is 1.14. The molecule has 0 atom stereocenters. The highest BCUT2D eigenvalue weighted by atomic mass is 32.2. The fraction of sp³-hybridized carbons (Fsp3) is 0.500. The van der Waals surface area contributed by atoms with Crippen LogP contribution in [0.25, 0.3) is 0 Å². The van der Waals surface area contributed by atoms with Gasteiger partial charge in [0.15, 0.2) is 0 Å². The molecular weight excluding hydrogens is 292 g/mol. The van der Waals surface area contributed by atoms with Gasteiger partial charge in [-0.15, -0.1) is 0 Å². The van der Waals surface area contributed by atoms with Gasteiger partial charge in [0, 0.05) is 25.8 Å². The van der Waals surface area contributed by atoms with E-state index < -0.39 is 10.0 Å². The van der Waals surface area contributed by atoms with Gasteiger partial charge < -0.3 is 10.1 Å². The van der Waals surface area contributed by atoms with Gasteiger partial charge in [-0.05, 0) is 24.6 Å². The topological polar surface area (TPSA) is 84.5 Å². The standard InChI is InChI=1S/C14H22N2O4S/c1-3-4-8-15-14(17)12-6-5-7-13(11-12)21(18,19)16-9-10-20-2/h5-7,11,16H,3-4,8-10H2,1-2H3,(H,15,17). The van der Waals surface area contributed by atoms with Crippen molar-refractivity contribution in [3.8, 4) is 0 Å². The zero-order chi connectivity index (χ0) is 15.7. The van der Waals surface area contributed by atoms with Crippen LogP contribution < -0.4 is 10.0 Å². The fourth-order valence-electron chi connectivity index (χ4n) is 1.65. The summed E-state index contributed by atoms with van der Waals surface area (Å²) in [5.74, 6) is -0.266. The van der Waals surface area contributed by atoms with E-state index in [2.05, 4.69) is 10.0 Å². The van der Waals surface area contributed by atoms with E-state index in [1.54, 1.807) is 12.1 Å². The summed E-state index contributed by atoms with van der Waals surface area (Å²) in [4.78, 5) is 12.0. The van der Waals surface area contributed by atoms with Crippen molar-refractivity contribution in [2.75, 3.05) is 26.8 Å². The van der Waals surface area contributed by atoms with Crippen LogP contribution in [0.4, 0.5) is 0 Å². The maximum absolute atomic E-state index is 12.0. The minimum absolute atomic E-state index is 0.0711. The molecule has 0 saturated carbocycles. The number of ether oxygens (including phenoxy) is 1. The molecule has 118 valence electrons. The lowest BCUT2D eigenvalue weighted by molar-refractivity contribution is 0.0953.